The fraction of sp³-hybridized carbons (Fsp3) is 0.467. The average Bonchev–Trinajstić information content (AvgIpc) is 2.48. The molecular weight excluding hydrogens is 336 g/mol. The van der Waals surface area contributed by atoms with Crippen molar-refractivity contribution in [2.45, 2.75) is 19.4 Å². The molecule has 1 unspecified atom stereocenters. The second-order valence-corrected chi connectivity index (χ2v) is 6.19. The average molecular weight is 359 g/mol. The van der Waals surface area contributed by atoms with Gasteiger partial charge in [0.15, 0.2) is 0 Å². The standard InChI is InChI=1S/C15H22N4O2S.ClH/c1-2-16-15(21)19-12-5-3-4-11(8-12)18-14(20)9-13-10-22-7-6-17-13;/h3-5,8,13,17H,2,6-7,9-10H2,1H3,(H,18,20)(H2,16,19,21);1H. The Labute approximate surface area is 147 Å². The molecule has 3 amide bonds. The van der Waals surface area contributed by atoms with Crippen LogP contribution in [0.3, 0.4) is 0 Å². The minimum atomic E-state index is -0.255. The maximum absolute atomic E-state index is 12.1. The van der Waals surface area contributed by atoms with Crippen LogP contribution in [0, 0.1) is 0 Å². The molecular formula is C15H23ClN4O2S. The molecule has 1 aliphatic rings. The molecule has 0 spiro atoms. The van der Waals surface area contributed by atoms with E-state index >= 15 is 0 Å². The Morgan fingerprint density at radius 2 is 2.04 bits per heavy atom. The number of amides is 3. The van der Waals surface area contributed by atoms with Crippen LogP contribution in [0.5, 0.6) is 0 Å². The highest BCUT2D eigenvalue weighted by Gasteiger charge is 2.16. The quantitative estimate of drug-likeness (QED) is 0.651. The van der Waals surface area contributed by atoms with Crippen LogP contribution in [0.2, 0.25) is 0 Å². The summed E-state index contributed by atoms with van der Waals surface area (Å²) in [6.07, 6.45) is 0.459. The first kappa shape index (κ1) is 19.6. The summed E-state index contributed by atoms with van der Waals surface area (Å²) in [6.45, 7) is 3.37. The Bertz CT molecular complexity index is 524. The van der Waals surface area contributed by atoms with Crippen molar-refractivity contribution < 1.29 is 9.59 Å². The topological polar surface area (TPSA) is 82.3 Å². The number of rotatable bonds is 5. The van der Waals surface area contributed by atoms with Crippen LogP contribution < -0.4 is 21.3 Å². The van der Waals surface area contributed by atoms with Crippen LogP contribution in [-0.2, 0) is 4.79 Å². The van der Waals surface area contributed by atoms with Crippen LogP contribution in [0.1, 0.15) is 13.3 Å². The molecule has 1 heterocycles. The van der Waals surface area contributed by atoms with Crippen molar-refractivity contribution in [3.8, 4) is 0 Å². The molecule has 1 saturated heterocycles. The molecule has 1 atom stereocenters. The molecule has 1 fully saturated rings. The van der Waals surface area contributed by atoms with Crippen molar-refractivity contribution in [1.82, 2.24) is 10.6 Å². The van der Waals surface area contributed by atoms with Gasteiger partial charge in [-0.2, -0.15) is 11.8 Å². The van der Waals surface area contributed by atoms with Gasteiger partial charge in [0, 0.05) is 48.4 Å². The highest BCUT2D eigenvalue weighted by atomic mass is 35.5. The van der Waals surface area contributed by atoms with Gasteiger partial charge < -0.3 is 21.3 Å². The molecule has 0 radical (unpaired) electrons. The summed E-state index contributed by atoms with van der Waals surface area (Å²) in [5.41, 5.74) is 1.33. The molecule has 1 aliphatic heterocycles. The van der Waals surface area contributed by atoms with Gasteiger partial charge in [-0.1, -0.05) is 6.07 Å². The van der Waals surface area contributed by atoms with Gasteiger partial charge in [-0.25, -0.2) is 4.79 Å². The summed E-state index contributed by atoms with van der Waals surface area (Å²) < 4.78 is 0. The van der Waals surface area contributed by atoms with E-state index in [0.717, 1.165) is 18.1 Å². The first-order valence-electron chi connectivity index (χ1n) is 7.43. The molecule has 1 aromatic rings. The number of carbonyl (C=O) groups is 2. The van der Waals surface area contributed by atoms with Crippen molar-refractivity contribution in [3.05, 3.63) is 24.3 Å². The molecule has 0 aliphatic carbocycles. The van der Waals surface area contributed by atoms with Crippen LogP contribution in [0.25, 0.3) is 0 Å². The van der Waals surface area contributed by atoms with Crippen LogP contribution in [0.4, 0.5) is 16.2 Å². The number of benzene rings is 1. The van der Waals surface area contributed by atoms with Crippen LogP contribution >= 0.6 is 24.2 Å². The number of hydrogen-bond acceptors (Lipinski definition) is 4. The van der Waals surface area contributed by atoms with Gasteiger partial charge in [-0.05, 0) is 25.1 Å². The Kier molecular flexibility index (Phi) is 8.83. The smallest absolute Gasteiger partial charge is 0.319 e. The number of halogens is 1. The lowest BCUT2D eigenvalue weighted by molar-refractivity contribution is -0.116. The summed E-state index contributed by atoms with van der Waals surface area (Å²) in [4.78, 5) is 23.5. The zero-order chi connectivity index (χ0) is 15.8. The number of nitrogens with one attached hydrogen (secondary N) is 4. The van der Waals surface area contributed by atoms with E-state index in [1.165, 1.54) is 0 Å². The van der Waals surface area contributed by atoms with Gasteiger partial charge in [-0.3, -0.25) is 4.79 Å². The van der Waals surface area contributed by atoms with Crippen molar-refractivity contribution in [3.63, 3.8) is 0 Å². The van der Waals surface area contributed by atoms with E-state index in [4.69, 9.17) is 0 Å². The zero-order valence-corrected chi connectivity index (χ0v) is 14.7. The van der Waals surface area contributed by atoms with E-state index < -0.39 is 0 Å². The minimum absolute atomic E-state index is 0. The molecule has 8 heteroatoms. The van der Waals surface area contributed by atoms with Gasteiger partial charge in [0.05, 0.1) is 0 Å². The Morgan fingerprint density at radius 3 is 2.70 bits per heavy atom. The lowest BCUT2D eigenvalue weighted by Gasteiger charge is -2.22. The molecule has 6 nitrogen and oxygen atoms in total. The van der Waals surface area contributed by atoms with Gasteiger partial charge in [0.2, 0.25) is 5.91 Å². The predicted molar refractivity (Wildman–Crippen MR) is 98.7 cm³/mol. The summed E-state index contributed by atoms with van der Waals surface area (Å²) >= 11 is 1.87. The number of thioether (sulfide) groups is 1. The highest BCUT2D eigenvalue weighted by Crippen LogP contribution is 2.16. The summed E-state index contributed by atoms with van der Waals surface area (Å²) in [6, 6.07) is 7.11. The normalized spacial score (nSPS) is 16.8. The SMILES string of the molecule is CCNC(=O)Nc1cccc(NC(=O)CC2CSCCN2)c1.Cl. The number of urea groups is 1. The largest absolute Gasteiger partial charge is 0.338 e. The molecule has 0 saturated carbocycles. The maximum Gasteiger partial charge on any atom is 0.319 e. The van der Waals surface area contributed by atoms with E-state index in [1.54, 1.807) is 18.2 Å². The van der Waals surface area contributed by atoms with E-state index in [-0.39, 0.29) is 30.4 Å². The van der Waals surface area contributed by atoms with E-state index in [2.05, 4.69) is 21.3 Å². The Hall–Kier alpha value is -1.44. The molecule has 0 bridgehead atoms. The van der Waals surface area contributed by atoms with Gasteiger partial charge in [0.25, 0.3) is 0 Å². The van der Waals surface area contributed by atoms with Gasteiger partial charge in [0.1, 0.15) is 0 Å². The third kappa shape index (κ3) is 7.11. The molecule has 0 aromatic heterocycles. The van der Waals surface area contributed by atoms with Gasteiger partial charge in [-0.15, -0.1) is 12.4 Å². The number of carbonyl (C=O) groups excluding carboxylic acids is 2. The second kappa shape index (κ2) is 10.4. The summed E-state index contributed by atoms with van der Waals surface area (Å²) in [5.74, 6) is 2.05. The predicted octanol–water partition coefficient (Wildman–Crippen LogP) is 2.28. The van der Waals surface area contributed by atoms with Crippen molar-refractivity contribution >= 4 is 47.5 Å². The van der Waals surface area contributed by atoms with Crippen molar-refractivity contribution in [1.29, 1.82) is 0 Å². The van der Waals surface area contributed by atoms with E-state index in [1.807, 2.05) is 24.8 Å². The van der Waals surface area contributed by atoms with Crippen molar-refractivity contribution in [2.24, 2.45) is 0 Å². The first-order valence-corrected chi connectivity index (χ1v) is 8.58. The molecule has 23 heavy (non-hydrogen) atoms. The summed E-state index contributed by atoms with van der Waals surface area (Å²) in [7, 11) is 0. The van der Waals surface area contributed by atoms with E-state index in [0.29, 0.717) is 24.3 Å². The third-order valence-electron chi connectivity index (χ3n) is 3.17. The van der Waals surface area contributed by atoms with Crippen LogP contribution in [-0.4, -0.2) is 42.6 Å². The lowest BCUT2D eigenvalue weighted by atomic mass is 10.2. The minimum Gasteiger partial charge on any atom is -0.338 e. The lowest BCUT2D eigenvalue weighted by Crippen LogP contribution is -2.39. The maximum atomic E-state index is 12.1. The fourth-order valence-corrected chi connectivity index (χ4v) is 3.15. The van der Waals surface area contributed by atoms with Gasteiger partial charge >= 0.3 is 6.03 Å². The monoisotopic (exact) mass is 358 g/mol. The number of hydrogen-bond donors (Lipinski definition) is 4. The molecule has 1 aromatic carbocycles. The zero-order valence-electron chi connectivity index (χ0n) is 13.1. The second-order valence-electron chi connectivity index (χ2n) is 5.04. The van der Waals surface area contributed by atoms with Crippen LogP contribution in [0.15, 0.2) is 24.3 Å². The molecule has 128 valence electrons. The molecule has 4 N–H and O–H groups in total. The number of anilines is 2. The molecule has 2 rings (SSSR count). The fourth-order valence-electron chi connectivity index (χ4n) is 2.20. The van der Waals surface area contributed by atoms with E-state index in [9.17, 15) is 9.59 Å². The first-order chi connectivity index (χ1) is 10.7. The third-order valence-corrected chi connectivity index (χ3v) is 4.30. The summed E-state index contributed by atoms with van der Waals surface area (Å²) in [5, 5.41) is 11.6. The Morgan fingerprint density at radius 1 is 1.30 bits per heavy atom. The Balaban J connectivity index is 0.00000264. The van der Waals surface area contributed by atoms with Crippen molar-refractivity contribution in [2.75, 3.05) is 35.2 Å². The highest BCUT2D eigenvalue weighted by molar-refractivity contribution is 7.99.